The second-order valence-corrected chi connectivity index (χ2v) is 7.85. The van der Waals surface area contributed by atoms with Crippen LogP contribution in [0.3, 0.4) is 0 Å². The van der Waals surface area contributed by atoms with Crippen LogP contribution in [0, 0.1) is 5.92 Å². The molecule has 0 aromatic heterocycles. The first-order valence-corrected chi connectivity index (χ1v) is 10.5. The van der Waals surface area contributed by atoms with E-state index < -0.39 is 11.9 Å². The highest BCUT2D eigenvalue weighted by Gasteiger charge is 2.20. The molecular weight excluding hydrogens is 431 g/mol. The van der Waals surface area contributed by atoms with E-state index in [1.807, 2.05) is 13.0 Å². The van der Waals surface area contributed by atoms with Crippen molar-refractivity contribution in [2.45, 2.75) is 32.6 Å². The van der Waals surface area contributed by atoms with E-state index in [1.165, 1.54) is 12.8 Å². The fraction of sp³-hybridized carbons (Fsp3) is 0.476. The van der Waals surface area contributed by atoms with Gasteiger partial charge in [-0.3, -0.25) is 4.79 Å². The molecule has 2 rings (SSSR count). The van der Waals surface area contributed by atoms with Gasteiger partial charge in [0.1, 0.15) is 0 Å². The predicted octanol–water partition coefficient (Wildman–Crippen LogP) is 4.18. The molecule has 30 heavy (non-hydrogen) atoms. The number of piperidine rings is 1. The number of carboxylic acids is 2. The molecule has 0 atom stereocenters. The second kappa shape index (κ2) is 13.3. The van der Waals surface area contributed by atoms with Crippen LogP contribution < -0.4 is 4.90 Å². The van der Waals surface area contributed by atoms with Gasteiger partial charge in [0.25, 0.3) is 0 Å². The minimum Gasteiger partial charge on any atom is -0.478 e. The first-order valence-electron chi connectivity index (χ1n) is 9.71. The topological polar surface area (TPSA) is 98.2 Å². The van der Waals surface area contributed by atoms with Crippen LogP contribution in [-0.4, -0.2) is 59.6 Å². The fourth-order valence-corrected chi connectivity index (χ4v) is 3.40. The normalized spacial score (nSPS) is 14.8. The average molecular weight is 459 g/mol. The van der Waals surface area contributed by atoms with E-state index in [0.29, 0.717) is 41.1 Å². The largest absolute Gasteiger partial charge is 0.478 e. The molecule has 166 valence electrons. The summed E-state index contributed by atoms with van der Waals surface area (Å²) in [4.78, 5) is 35.8. The van der Waals surface area contributed by atoms with E-state index in [2.05, 4.69) is 11.9 Å². The Hall–Kier alpha value is -2.09. The maximum absolute atomic E-state index is 12.5. The van der Waals surface area contributed by atoms with Crippen molar-refractivity contribution in [3.05, 3.63) is 40.4 Å². The van der Waals surface area contributed by atoms with E-state index in [0.717, 1.165) is 25.2 Å². The van der Waals surface area contributed by atoms with Crippen LogP contribution in [0.5, 0.6) is 0 Å². The third-order valence-electron chi connectivity index (χ3n) is 4.81. The van der Waals surface area contributed by atoms with Crippen LogP contribution in [0.15, 0.2) is 30.4 Å². The van der Waals surface area contributed by atoms with Gasteiger partial charge in [0, 0.05) is 30.8 Å². The Morgan fingerprint density at radius 1 is 1.10 bits per heavy atom. The molecule has 1 saturated heterocycles. The standard InChI is InChI=1S/C17H24Cl2N2O.C4H4O4/c1-3-21(14-5-6-15(18)16(19)12-14)17(22)7-4-13-8-10-20(2)11-9-13;5-3(6)1-2-4(7)8/h5-6,12-13H,3-4,7-11H2,1-2H3;1-2H,(H,5,6)(H,7,8)/b;2-1+. The molecule has 0 bridgehead atoms. The summed E-state index contributed by atoms with van der Waals surface area (Å²) in [5.41, 5.74) is 0.824. The summed E-state index contributed by atoms with van der Waals surface area (Å²) in [5, 5.41) is 16.6. The number of halogens is 2. The lowest BCUT2D eigenvalue weighted by molar-refractivity contribution is -0.134. The summed E-state index contributed by atoms with van der Waals surface area (Å²) in [6, 6.07) is 5.36. The Morgan fingerprint density at radius 2 is 1.67 bits per heavy atom. The van der Waals surface area contributed by atoms with Gasteiger partial charge in [-0.15, -0.1) is 0 Å². The number of nitrogens with zero attached hydrogens (tertiary/aromatic N) is 2. The predicted molar refractivity (Wildman–Crippen MR) is 118 cm³/mol. The molecule has 9 heteroatoms. The molecule has 1 amide bonds. The summed E-state index contributed by atoms with van der Waals surface area (Å²) in [6.45, 7) is 4.91. The third kappa shape index (κ3) is 9.61. The van der Waals surface area contributed by atoms with E-state index in [9.17, 15) is 14.4 Å². The van der Waals surface area contributed by atoms with Crippen LogP contribution in [0.1, 0.15) is 32.6 Å². The van der Waals surface area contributed by atoms with E-state index in [1.54, 1.807) is 17.0 Å². The number of likely N-dealkylation sites (tertiary alicyclic amines) is 1. The Labute approximate surface area is 186 Å². The number of benzene rings is 1. The van der Waals surface area contributed by atoms with Crippen molar-refractivity contribution in [2.24, 2.45) is 5.92 Å². The molecule has 1 aromatic carbocycles. The highest BCUT2D eigenvalue weighted by Crippen LogP contribution is 2.28. The van der Waals surface area contributed by atoms with Gasteiger partial charge < -0.3 is 20.0 Å². The Morgan fingerprint density at radius 3 is 2.13 bits per heavy atom. The van der Waals surface area contributed by atoms with Gasteiger partial charge in [0.2, 0.25) is 5.91 Å². The number of hydrogen-bond acceptors (Lipinski definition) is 4. The quantitative estimate of drug-likeness (QED) is 0.594. The Kier molecular flexibility index (Phi) is 11.5. The lowest BCUT2D eigenvalue weighted by atomic mass is 9.92. The number of carbonyl (C=O) groups is 3. The van der Waals surface area contributed by atoms with Crippen LogP contribution in [0.4, 0.5) is 5.69 Å². The van der Waals surface area contributed by atoms with Gasteiger partial charge in [0.05, 0.1) is 10.0 Å². The van der Waals surface area contributed by atoms with Crippen LogP contribution >= 0.6 is 23.2 Å². The number of anilines is 1. The molecule has 0 radical (unpaired) electrons. The first-order chi connectivity index (χ1) is 14.1. The van der Waals surface area contributed by atoms with Gasteiger partial charge in [-0.05, 0) is 70.4 Å². The molecular formula is C21H28Cl2N2O5. The molecule has 1 heterocycles. The van der Waals surface area contributed by atoms with Crippen molar-refractivity contribution in [1.29, 1.82) is 0 Å². The molecule has 1 aromatic rings. The average Bonchev–Trinajstić information content (AvgIpc) is 2.69. The maximum Gasteiger partial charge on any atom is 0.328 e. The molecule has 1 fully saturated rings. The zero-order valence-corrected chi connectivity index (χ0v) is 18.7. The molecule has 0 aliphatic carbocycles. The van der Waals surface area contributed by atoms with E-state index in [-0.39, 0.29) is 5.91 Å². The lowest BCUT2D eigenvalue weighted by Crippen LogP contribution is -2.33. The summed E-state index contributed by atoms with van der Waals surface area (Å²) in [7, 11) is 2.16. The van der Waals surface area contributed by atoms with Gasteiger partial charge in [0.15, 0.2) is 0 Å². The smallest absolute Gasteiger partial charge is 0.328 e. The van der Waals surface area contributed by atoms with Crippen molar-refractivity contribution in [2.75, 3.05) is 31.6 Å². The first kappa shape index (κ1) is 25.9. The van der Waals surface area contributed by atoms with E-state index in [4.69, 9.17) is 33.4 Å². The van der Waals surface area contributed by atoms with E-state index >= 15 is 0 Å². The Balaban J connectivity index is 0.000000479. The van der Waals surface area contributed by atoms with Gasteiger partial charge in [-0.2, -0.15) is 0 Å². The van der Waals surface area contributed by atoms with Crippen LogP contribution in [-0.2, 0) is 14.4 Å². The van der Waals surface area contributed by atoms with Gasteiger partial charge in [-0.1, -0.05) is 23.2 Å². The highest BCUT2D eigenvalue weighted by molar-refractivity contribution is 6.42. The SMILES string of the molecule is CCN(C(=O)CCC1CCN(C)CC1)c1ccc(Cl)c(Cl)c1.O=C(O)/C=C/C(=O)O. The fourth-order valence-electron chi connectivity index (χ4n) is 3.11. The lowest BCUT2D eigenvalue weighted by Gasteiger charge is -2.29. The minimum absolute atomic E-state index is 0.166. The zero-order chi connectivity index (χ0) is 22.7. The van der Waals surface area contributed by atoms with Gasteiger partial charge in [-0.25, -0.2) is 9.59 Å². The molecule has 2 N–H and O–H groups in total. The van der Waals surface area contributed by atoms with Crippen LogP contribution in [0.2, 0.25) is 10.0 Å². The molecule has 1 aliphatic heterocycles. The summed E-state index contributed by atoms with van der Waals surface area (Å²) >= 11 is 12.0. The number of carboxylic acid groups (broad SMARTS) is 2. The molecule has 0 unspecified atom stereocenters. The molecule has 0 spiro atoms. The summed E-state index contributed by atoms with van der Waals surface area (Å²) in [5.74, 6) is -1.67. The number of hydrogen-bond donors (Lipinski definition) is 2. The summed E-state index contributed by atoms with van der Waals surface area (Å²) < 4.78 is 0. The van der Waals surface area contributed by atoms with Crippen molar-refractivity contribution < 1.29 is 24.6 Å². The van der Waals surface area contributed by atoms with Crippen molar-refractivity contribution in [3.8, 4) is 0 Å². The summed E-state index contributed by atoms with van der Waals surface area (Å²) in [6.07, 6.45) is 5.09. The van der Waals surface area contributed by atoms with Crippen LogP contribution in [0.25, 0.3) is 0 Å². The van der Waals surface area contributed by atoms with Crippen molar-refractivity contribution in [1.82, 2.24) is 4.90 Å². The van der Waals surface area contributed by atoms with Crippen molar-refractivity contribution in [3.63, 3.8) is 0 Å². The molecule has 7 nitrogen and oxygen atoms in total. The zero-order valence-electron chi connectivity index (χ0n) is 17.2. The van der Waals surface area contributed by atoms with Crippen molar-refractivity contribution >= 4 is 46.7 Å². The minimum atomic E-state index is -1.26. The second-order valence-electron chi connectivity index (χ2n) is 7.03. The maximum atomic E-state index is 12.5. The third-order valence-corrected chi connectivity index (χ3v) is 5.54. The molecule has 0 saturated carbocycles. The highest BCUT2D eigenvalue weighted by atomic mass is 35.5. The monoisotopic (exact) mass is 458 g/mol. The number of rotatable bonds is 7. The molecule has 1 aliphatic rings. The van der Waals surface area contributed by atoms with Gasteiger partial charge >= 0.3 is 11.9 Å². The Bertz CT molecular complexity index is 746. The number of amides is 1. The number of aliphatic carboxylic acids is 2. The number of carbonyl (C=O) groups excluding carboxylic acids is 1.